The summed E-state index contributed by atoms with van der Waals surface area (Å²) < 4.78 is 1.23. The monoisotopic (exact) mass is 514 g/mol. The van der Waals surface area contributed by atoms with Crippen LogP contribution in [0, 0.1) is 0 Å². The van der Waals surface area contributed by atoms with Crippen molar-refractivity contribution in [1.29, 1.82) is 0 Å². The molecule has 0 fully saturated rings. The molecule has 7 nitrogen and oxygen atoms in total. The molecule has 0 atom stereocenters. The van der Waals surface area contributed by atoms with Crippen LogP contribution in [0.4, 0.5) is 5.69 Å². The van der Waals surface area contributed by atoms with E-state index in [9.17, 15) is 14.4 Å². The first-order valence-electron chi connectivity index (χ1n) is 10.0. The van der Waals surface area contributed by atoms with E-state index in [1.165, 1.54) is 22.9 Å². The molecule has 10 heteroatoms. The quantitative estimate of drug-likeness (QED) is 0.317. The second-order valence-electron chi connectivity index (χ2n) is 7.29. The third-order valence-electron chi connectivity index (χ3n) is 4.83. The van der Waals surface area contributed by atoms with Crippen molar-refractivity contribution in [1.82, 2.24) is 9.99 Å². The van der Waals surface area contributed by atoms with Crippen molar-refractivity contribution in [3.63, 3.8) is 0 Å². The lowest BCUT2D eigenvalue weighted by molar-refractivity contribution is -0.136. The number of anilines is 1. The summed E-state index contributed by atoms with van der Waals surface area (Å²) in [4.78, 5) is 38.1. The Bertz CT molecular complexity index is 1380. The molecular weight excluding hydrogens is 499 g/mol. The van der Waals surface area contributed by atoms with Gasteiger partial charge >= 0.3 is 11.8 Å². The molecule has 0 aliphatic rings. The van der Waals surface area contributed by atoms with Gasteiger partial charge in [-0.05, 0) is 48.0 Å². The summed E-state index contributed by atoms with van der Waals surface area (Å²) in [5.74, 6) is -2.36. The predicted molar refractivity (Wildman–Crippen MR) is 134 cm³/mol. The Morgan fingerprint density at radius 3 is 2.18 bits per heavy atom. The Balaban J connectivity index is 1.59. The molecule has 4 aromatic rings. The largest absolute Gasteiger partial charge is 0.344 e. The van der Waals surface area contributed by atoms with E-state index in [0.29, 0.717) is 31.7 Å². The highest BCUT2D eigenvalue weighted by atomic mass is 35.5. The molecule has 1 aromatic heterocycles. The van der Waals surface area contributed by atoms with Crippen LogP contribution in [0.3, 0.4) is 0 Å². The second-order valence-corrected chi connectivity index (χ2v) is 8.60. The van der Waals surface area contributed by atoms with Crippen LogP contribution in [-0.4, -0.2) is 22.4 Å². The van der Waals surface area contributed by atoms with Crippen molar-refractivity contribution in [3.05, 3.63) is 99.1 Å². The Morgan fingerprint density at radius 2 is 1.47 bits per heavy atom. The molecule has 0 aliphatic carbocycles. The molecule has 0 unspecified atom stereocenters. The Morgan fingerprint density at radius 1 is 0.765 bits per heavy atom. The Labute approximate surface area is 209 Å². The highest BCUT2D eigenvalue weighted by Gasteiger charge is 2.21. The number of aromatic nitrogens is 1. The molecule has 0 aliphatic heterocycles. The number of nitrogens with one attached hydrogen (secondary N) is 3. The van der Waals surface area contributed by atoms with Gasteiger partial charge in [0.2, 0.25) is 0 Å². The van der Waals surface area contributed by atoms with Crippen LogP contribution in [-0.2, 0) is 16.1 Å². The van der Waals surface area contributed by atoms with Crippen molar-refractivity contribution >= 4 is 69.1 Å². The highest BCUT2D eigenvalue weighted by Crippen LogP contribution is 2.25. The summed E-state index contributed by atoms with van der Waals surface area (Å²) in [7, 11) is 0. The van der Waals surface area contributed by atoms with Crippen molar-refractivity contribution in [2.45, 2.75) is 6.54 Å². The first-order valence-corrected chi connectivity index (χ1v) is 11.1. The van der Waals surface area contributed by atoms with Crippen LogP contribution in [0.15, 0.2) is 72.8 Å². The van der Waals surface area contributed by atoms with Crippen molar-refractivity contribution in [3.8, 4) is 0 Å². The number of amides is 3. The van der Waals surface area contributed by atoms with Crippen LogP contribution >= 0.6 is 34.8 Å². The van der Waals surface area contributed by atoms with Gasteiger partial charge in [-0.15, -0.1) is 0 Å². The smallest absolute Gasteiger partial charge is 0.328 e. The van der Waals surface area contributed by atoms with E-state index < -0.39 is 17.7 Å². The normalized spacial score (nSPS) is 10.7. The zero-order chi connectivity index (χ0) is 24.2. The second kappa shape index (κ2) is 10.2. The third kappa shape index (κ3) is 5.51. The molecule has 34 heavy (non-hydrogen) atoms. The maximum Gasteiger partial charge on any atom is 0.328 e. The number of carbonyl (C=O) groups excluding carboxylic acids is 3. The average Bonchev–Trinajstić information content (AvgIpc) is 3.14. The SMILES string of the molecule is O=C(NCc1ccccc1)C(=O)Nn1c(C(=O)Nc2cc(Cl)cc(Cl)c2)cc2cc(Cl)ccc21. The molecule has 0 spiro atoms. The minimum atomic E-state index is -0.941. The average molecular weight is 516 g/mol. The molecule has 3 aromatic carbocycles. The molecule has 4 rings (SSSR count). The highest BCUT2D eigenvalue weighted by molar-refractivity contribution is 6.38. The fourth-order valence-corrected chi connectivity index (χ4v) is 4.01. The van der Waals surface area contributed by atoms with Gasteiger partial charge in [0.1, 0.15) is 5.69 Å². The van der Waals surface area contributed by atoms with Gasteiger partial charge in [-0.1, -0.05) is 65.1 Å². The lowest BCUT2D eigenvalue weighted by Gasteiger charge is -2.13. The maximum absolute atomic E-state index is 13.1. The molecule has 1 heterocycles. The van der Waals surface area contributed by atoms with E-state index in [4.69, 9.17) is 34.8 Å². The molecule has 0 saturated carbocycles. The van der Waals surface area contributed by atoms with E-state index in [0.717, 1.165) is 5.56 Å². The number of fused-ring (bicyclic) bond motifs is 1. The fourth-order valence-electron chi connectivity index (χ4n) is 3.31. The van der Waals surface area contributed by atoms with E-state index in [-0.39, 0.29) is 12.2 Å². The molecule has 172 valence electrons. The first kappa shape index (κ1) is 23.6. The summed E-state index contributed by atoms with van der Waals surface area (Å²) >= 11 is 18.1. The molecule has 0 radical (unpaired) electrons. The number of benzene rings is 3. The Kier molecular flexibility index (Phi) is 7.07. The zero-order valence-corrected chi connectivity index (χ0v) is 19.7. The van der Waals surface area contributed by atoms with Gasteiger partial charge in [0, 0.05) is 32.7 Å². The number of halogens is 3. The number of rotatable bonds is 5. The number of hydrogen-bond acceptors (Lipinski definition) is 3. The van der Waals surface area contributed by atoms with Crippen LogP contribution < -0.4 is 16.1 Å². The summed E-state index contributed by atoms with van der Waals surface area (Å²) in [5, 5.41) is 6.98. The van der Waals surface area contributed by atoms with E-state index in [1.54, 1.807) is 24.3 Å². The molecule has 0 saturated heterocycles. The topological polar surface area (TPSA) is 92.2 Å². The maximum atomic E-state index is 13.1. The van der Waals surface area contributed by atoms with Gasteiger partial charge in [-0.3, -0.25) is 19.8 Å². The predicted octanol–water partition coefficient (Wildman–Crippen LogP) is 5.24. The number of hydrogen-bond donors (Lipinski definition) is 3. The molecule has 3 amide bonds. The van der Waals surface area contributed by atoms with Crippen LogP contribution in [0.5, 0.6) is 0 Å². The number of nitrogens with zero attached hydrogens (tertiary/aromatic N) is 1. The van der Waals surface area contributed by atoms with Gasteiger partial charge in [0.25, 0.3) is 5.91 Å². The van der Waals surface area contributed by atoms with Crippen LogP contribution in [0.2, 0.25) is 15.1 Å². The fraction of sp³-hybridized carbons (Fsp3) is 0.0417. The minimum Gasteiger partial charge on any atom is -0.344 e. The number of carbonyl (C=O) groups is 3. The minimum absolute atomic E-state index is 0.0672. The van der Waals surface area contributed by atoms with E-state index >= 15 is 0 Å². The van der Waals surface area contributed by atoms with Gasteiger partial charge in [0.05, 0.1) is 5.52 Å². The van der Waals surface area contributed by atoms with Gasteiger partial charge in [-0.2, -0.15) is 0 Å². The summed E-state index contributed by atoms with van der Waals surface area (Å²) in [6, 6.07) is 20.2. The van der Waals surface area contributed by atoms with Crippen LogP contribution in [0.25, 0.3) is 10.9 Å². The van der Waals surface area contributed by atoms with Crippen molar-refractivity contribution < 1.29 is 14.4 Å². The molecule has 0 bridgehead atoms. The zero-order valence-electron chi connectivity index (χ0n) is 17.4. The summed E-state index contributed by atoms with van der Waals surface area (Å²) in [5.41, 5.74) is 4.23. The third-order valence-corrected chi connectivity index (χ3v) is 5.50. The summed E-state index contributed by atoms with van der Waals surface area (Å²) in [6.45, 7) is 0.179. The lowest BCUT2D eigenvalue weighted by atomic mass is 10.2. The van der Waals surface area contributed by atoms with Crippen LogP contribution in [0.1, 0.15) is 16.1 Å². The van der Waals surface area contributed by atoms with Gasteiger partial charge < -0.3 is 10.6 Å². The molecular formula is C24H17Cl3N4O3. The van der Waals surface area contributed by atoms with Gasteiger partial charge in [-0.25, -0.2) is 4.68 Å². The van der Waals surface area contributed by atoms with Gasteiger partial charge in [0.15, 0.2) is 0 Å². The van der Waals surface area contributed by atoms with E-state index in [1.807, 2.05) is 30.3 Å². The first-order chi connectivity index (χ1) is 16.3. The standard InChI is InChI=1S/C24H17Cl3N4O3/c25-16-6-7-20-15(8-16)9-21(22(32)29-19-11-17(26)10-18(27)12-19)31(20)30-24(34)23(33)28-13-14-4-2-1-3-5-14/h1-12H,13H2,(H,28,33)(H,29,32)(H,30,34). The van der Waals surface area contributed by atoms with Crippen molar-refractivity contribution in [2.24, 2.45) is 0 Å². The Hall–Kier alpha value is -3.52. The lowest BCUT2D eigenvalue weighted by Crippen LogP contribution is -2.39. The van der Waals surface area contributed by atoms with E-state index in [2.05, 4.69) is 16.1 Å². The molecule has 3 N–H and O–H groups in total. The summed E-state index contributed by atoms with van der Waals surface area (Å²) in [6.07, 6.45) is 0. The van der Waals surface area contributed by atoms with Crippen molar-refractivity contribution in [2.75, 3.05) is 10.7 Å².